The fourth-order valence-corrected chi connectivity index (χ4v) is 2.01. The molecular formula is C15H20N2O4. The van der Waals surface area contributed by atoms with Gasteiger partial charge in [0.1, 0.15) is 0 Å². The average Bonchev–Trinajstić information content (AvgIpc) is 2.78. The van der Waals surface area contributed by atoms with E-state index in [1.54, 1.807) is 13.0 Å². The Hall–Kier alpha value is -2.24. The average molecular weight is 292 g/mol. The first kappa shape index (κ1) is 16.8. The van der Waals surface area contributed by atoms with Crippen LogP contribution in [-0.2, 0) is 19.2 Å². The van der Waals surface area contributed by atoms with Crippen molar-refractivity contribution < 1.29 is 19.2 Å². The van der Waals surface area contributed by atoms with Crippen molar-refractivity contribution in [3.8, 4) is 0 Å². The molecule has 0 atom stereocenters. The summed E-state index contributed by atoms with van der Waals surface area (Å²) in [5, 5.41) is 0. The number of carbonyl (C=O) groups is 4. The number of amides is 4. The molecule has 0 fully saturated rings. The minimum atomic E-state index is -0.313. The van der Waals surface area contributed by atoms with E-state index in [9.17, 15) is 19.2 Å². The third-order valence-corrected chi connectivity index (χ3v) is 3.15. The predicted octanol–water partition coefficient (Wildman–Crippen LogP) is 1.03. The van der Waals surface area contributed by atoms with Crippen LogP contribution in [0.5, 0.6) is 0 Å². The van der Waals surface area contributed by atoms with Gasteiger partial charge in [-0.2, -0.15) is 0 Å². The quantitative estimate of drug-likeness (QED) is 0.275. The Balaban J connectivity index is 2.14. The first-order chi connectivity index (χ1) is 10.1. The van der Waals surface area contributed by atoms with Crippen LogP contribution in [0.2, 0.25) is 0 Å². The highest BCUT2D eigenvalue weighted by atomic mass is 16.2. The Kier molecular flexibility index (Phi) is 7.08. The van der Waals surface area contributed by atoms with Crippen molar-refractivity contribution in [3.05, 3.63) is 24.3 Å². The van der Waals surface area contributed by atoms with E-state index in [2.05, 4.69) is 0 Å². The second kappa shape index (κ2) is 8.84. The smallest absolute Gasteiger partial charge is 0.253 e. The molecule has 1 aliphatic rings. The zero-order valence-electron chi connectivity index (χ0n) is 12.2. The number of hydrogen-bond acceptors (Lipinski definition) is 4. The lowest BCUT2D eigenvalue weighted by Crippen LogP contribution is -2.31. The first-order valence-corrected chi connectivity index (χ1v) is 7.02. The Morgan fingerprint density at radius 2 is 1.76 bits per heavy atom. The lowest BCUT2D eigenvalue weighted by atomic mass is 10.2. The monoisotopic (exact) mass is 292 g/mol. The molecule has 6 nitrogen and oxygen atoms in total. The third-order valence-electron chi connectivity index (χ3n) is 3.15. The molecule has 0 saturated heterocycles. The summed E-state index contributed by atoms with van der Waals surface area (Å²) in [6.07, 6.45) is 9.14. The van der Waals surface area contributed by atoms with Crippen molar-refractivity contribution in [2.45, 2.75) is 32.6 Å². The number of carbonyl (C=O) groups excluding carboxylic acids is 4. The summed E-state index contributed by atoms with van der Waals surface area (Å²) in [6, 6.07) is 0. The molecule has 0 N–H and O–H groups in total. The maximum absolute atomic E-state index is 11.5. The van der Waals surface area contributed by atoms with Crippen LogP contribution in [-0.4, -0.2) is 47.0 Å². The topological polar surface area (TPSA) is 74.8 Å². The summed E-state index contributed by atoms with van der Waals surface area (Å²) in [4.78, 5) is 47.2. The van der Waals surface area contributed by atoms with Crippen molar-refractivity contribution in [3.63, 3.8) is 0 Å². The Labute approximate surface area is 124 Å². The van der Waals surface area contributed by atoms with Crippen LogP contribution in [0.1, 0.15) is 32.6 Å². The number of nitrogens with zero attached hydrogens (tertiary/aromatic N) is 2. The molecule has 21 heavy (non-hydrogen) atoms. The largest absolute Gasteiger partial charge is 0.282 e. The van der Waals surface area contributed by atoms with Crippen LogP contribution in [0, 0.1) is 0 Å². The predicted molar refractivity (Wildman–Crippen MR) is 76.9 cm³/mol. The molecule has 114 valence electrons. The molecule has 4 amide bonds. The standard InChI is InChI=1S/C15H20N2O4/c1-2-7-13(19)16(12-18)10-5-3-4-6-11-17-14(20)8-9-15(17)21/h2,7-9,12H,3-6,10-11H2,1H3/b7-2-. The number of unbranched alkanes of at least 4 members (excludes halogenated alkanes) is 3. The molecule has 6 heteroatoms. The van der Waals surface area contributed by atoms with Crippen LogP contribution in [0.4, 0.5) is 0 Å². The van der Waals surface area contributed by atoms with Gasteiger partial charge in [0.05, 0.1) is 0 Å². The highest BCUT2D eigenvalue weighted by Crippen LogP contribution is 2.08. The first-order valence-electron chi connectivity index (χ1n) is 7.02. The van der Waals surface area contributed by atoms with Crippen molar-refractivity contribution in [1.29, 1.82) is 0 Å². The van der Waals surface area contributed by atoms with Gasteiger partial charge in [-0.3, -0.25) is 29.0 Å². The van der Waals surface area contributed by atoms with E-state index in [1.165, 1.54) is 23.1 Å². The highest BCUT2D eigenvalue weighted by molar-refractivity contribution is 6.12. The summed E-state index contributed by atoms with van der Waals surface area (Å²) in [5.41, 5.74) is 0. The molecule has 1 rings (SSSR count). The molecular weight excluding hydrogens is 272 g/mol. The van der Waals surface area contributed by atoms with Gasteiger partial charge >= 0.3 is 0 Å². The van der Waals surface area contributed by atoms with E-state index in [4.69, 9.17) is 0 Å². The van der Waals surface area contributed by atoms with Gasteiger partial charge < -0.3 is 0 Å². The summed E-state index contributed by atoms with van der Waals surface area (Å²) in [6.45, 7) is 2.52. The second-order valence-corrected chi connectivity index (χ2v) is 4.71. The zero-order valence-corrected chi connectivity index (χ0v) is 12.2. The van der Waals surface area contributed by atoms with Gasteiger partial charge in [0.15, 0.2) is 0 Å². The van der Waals surface area contributed by atoms with E-state index in [1.807, 2.05) is 0 Å². The molecule has 0 aliphatic carbocycles. The van der Waals surface area contributed by atoms with Gasteiger partial charge in [-0.1, -0.05) is 18.9 Å². The van der Waals surface area contributed by atoms with Crippen LogP contribution in [0.3, 0.4) is 0 Å². The third kappa shape index (κ3) is 5.33. The Bertz CT molecular complexity index is 450. The van der Waals surface area contributed by atoms with Crippen LogP contribution in [0.25, 0.3) is 0 Å². The Morgan fingerprint density at radius 3 is 2.33 bits per heavy atom. The van der Waals surface area contributed by atoms with Gasteiger partial charge in [-0.05, 0) is 25.8 Å². The molecule has 0 unspecified atom stereocenters. The maximum Gasteiger partial charge on any atom is 0.253 e. The van der Waals surface area contributed by atoms with Gasteiger partial charge in [-0.15, -0.1) is 0 Å². The molecule has 0 saturated carbocycles. The van der Waals surface area contributed by atoms with Crippen molar-refractivity contribution in [2.75, 3.05) is 13.1 Å². The van der Waals surface area contributed by atoms with Crippen molar-refractivity contribution in [1.82, 2.24) is 9.80 Å². The summed E-state index contributed by atoms with van der Waals surface area (Å²) in [5.74, 6) is -0.833. The summed E-state index contributed by atoms with van der Waals surface area (Å²) in [7, 11) is 0. The van der Waals surface area contributed by atoms with Crippen LogP contribution in [0.15, 0.2) is 24.3 Å². The van der Waals surface area contributed by atoms with Crippen molar-refractivity contribution in [2.24, 2.45) is 0 Å². The maximum atomic E-state index is 11.5. The van der Waals surface area contributed by atoms with Gasteiger partial charge in [0.2, 0.25) is 6.41 Å². The molecule has 1 aliphatic heterocycles. The van der Waals surface area contributed by atoms with Crippen molar-refractivity contribution >= 4 is 24.1 Å². The molecule has 0 aromatic carbocycles. The fourth-order valence-electron chi connectivity index (χ4n) is 2.01. The fraction of sp³-hybridized carbons (Fsp3) is 0.467. The second-order valence-electron chi connectivity index (χ2n) is 4.71. The van der Waals surface area contributed by atoms with Gasteiger partial charge in [-0.25, -0.2) is 0 Å². The molecule has 0 spiro atoms. The van der Waals surface area contributed by atoms with Gasteiger partial charge in [0, 0.05) is 25.2 Å². The SMILES string of the molecule is C/C=C\C(=O)N(C=O)CCCCCCN1C(=O)C=CC1=O. The van der Waals surface area contributed by atoms with E-state index in [0.29, 0.717) is 25.9 Å². The number of rotatable bonds is 9. The van der Waals surface area contributed by atoms with E-state index < -0.39 is 0 Å². The normalized spacial score (nSPS) is 14.2. The van der Waals surface area contributed by atoms with E-state index in [-0.39, 0.29) is 17.7 Å². The van der Waals surface area contributed by atoms with E-state index >= 15 is 0 Å². The molecule has 0 aromatic heterocycles. The highest BCUT2D eigenvalue weighted by Gasteiger charge is 2.22. The lowest BCUT2D eigenvalue weighted by molar-refractivity contribution is -0.137. The van der Waals surface area contributed by atoms with Crippen LogP contribution >= 0.6 is 0 Å². The molecule has 0 bridgehead atoms. The number of allylic oxidation sites excluding steroid dienone is 1. The number of imide groups is 2. The molecule has 1 heterocycles. The minimum absolute atomic E-state index is 0.260. The summed E-state index contributed by atoms with van der Waals surface area (Å²) < 4.78 is 0. The number of hydrogen-bond donors (Lipinski definition) is 0. The Morgan fingerprint density at radius 1 is 1.14 bits per heavy atom. The minimum Gasteiger partial charge on any atom is -0.282 e. The van der Waals surface area contributed by atoms with Gasteiger partial charge in [0.25, 0.3) is 17.7 Å². The zero-order chi connectivity index (χ0) is 15.7. The molecule has 0 radical (unpaired) electrons. The lowest BCUT2D eigenvalue weighted by Gasteiger charge is -2.14. The van der Waals surface area contributed by atoms with Crippen LogP contribution < -0.4 is 0 Å². The van der Waals surface area contributed by atoms with E-state index in [0.717, 1.165) is 24.2 Å². The summed E-state index contributed by atoms with van der Waals surface area (Å²) >= 11 is 0. The molecule has 0 aromatic rings.